The maximum Gasteiger partial charge on any atom is 0.252 e. The Morgan fingerprint density at radius 2 is 1.71 bits per heavy atom. The van der Waals surface area contributed by atoms with Gasteiger partial charge in [-0.1, -0.05) is 41.9 Å². The van der Waals surface area contributed by atoms with E-state index in [-0.39, 0.29) is 30.6 Å². The summed E-state index contributed by atoms with van der Waals surface area (Å²) >= 11 is 6.56. The molecule has 4 aromatic rings. The smallest absolute Gasteiger partial charge is 0.252 e. The number of rotatable bonds is 4. The van der Waals surface area contributed by atoms with Crippen LogP contribution in [-0.4, -0.2) is 25.7 Å². The molecule has 1 aliphatic rings. The summed E-state index contributed by atoms with van der Waals surface area (Å²) in [7, 11) is 0. The first-order valence-corrected chi connectivity index (χ1v) is 11.4. The summed E-state index contributed by atoms with van der Waals surface area (Å²) in [6.07, 6.45) is 0.248. The van der Waals surface area contributed by atoms with Crippen molar-refractivity contribution in [3.8, 4) is 5.95 Å². The largest absolute Gasteiger partial charge is 0.292 e. The minimum absolute atomic E-state index is 0.0766. The first-order chi connectivity index (χ1) is 16.3. The Hall–Kier alpha value is -3.58. The van der Waals surface area contributed by atoms with E-state index < -0.39 is 0 Å². The van der Waals surface area contributed by atoms with Gasteiger partial charge >= 0.3 is 0 Å². The molecule has 0 spiro atoms. The van der Waals surface area contributed by atoms with Gasteiger partial charge in [0.1, 0.15) is 11.6 Å². The number of hydrogen-bond donors (Lipinski definition) is 0. The summed E-state index contributed by atoms with van der Waals surface area (Å²) < 4.78 is 15.1. The number of carbonyl (C=O) groups is 1. The van der Waals surface area contributed by atoms with Crippen molar-refractivity contribution in [1.29, 1.82) is 0 Å². The van der Waals surface area contributed by atoms with E-state index in [1.807, 2.05) is 51.1 Å². The topological polar surface area (TPSA) is 63.9 Å². The number of aryl methyl sites for hydroxylation is 3. The van der Waals surface area contributed by atoms with Crippen LogP contribution < -0.4 is 4.90 Å². The van der Waals surface area contributed by atoms with Crippen molar-refractivity contribution in [1.82, 2.24) is 19.7 Å². The highest BCUT2D eigenvalue weighted by Crippen LogP contribution is 2.44. The summed E-state index contributed by atoms with van der Waals surface area (Å²) in [5.74, 6) is 0.372. The van der Waals surface area contributed by atoms with Crippen molar-refractivity contribution in [3.63, 3.8) is 0 Å². The van der Waals surface area contributed by atoms with Crippen molar-refractivity contribution in [2.75, 3.05) is 4.90 Å². The fourth-order valence-electron chi connectivity index (χ4n) is 4.60. The van der Waals surface area contributed by atoms with Gasteiger partial charge in [0, 0.05) is 34.3 Å². The maximum absolute atomic E-state index is 13.6. The zero-order valence-electron chi connectivity index (χ0n) is 19.1. The first-order valence-electron chi connectivity index (χ1n) is 11.0. The van der Waals surface area contributed by atoms with Crippen LogP contribution in [-0.2, 0) is 11.3 Å². The van der Waals surface area contributed by atoms with Crippen molar-refractivity contribution in [2.24, 2.45) is 0 Å². The monoisotopic (exact) mass is 475 g/mol. The lowest BCUT2D eigenvalue weighted by Gasteiger charge is -2.33. The molecule has 0 saturated heterocycles. The number of carbonyl (C=O) groups excluding carboxylic acids is 1. The maximum atomic E-state index is 13.6. The van der Waals surface area contributed by atoms with E-state index >= 15 is 0 Å². The predicted octanol–water partition coefficient (Wildman–Crippen LogP) is 5.45. The molecular weight excluding hydrogens is 453 g/mol. The van der Waals surface area contributed by atoms with Crippen LogP contribution >= 0.6 is 11.6 Å². The van der Waals surface area contributed by atoms with E-state index in [0.717, 1.165) is 33.8 Å². The molecule has 0 bridgehead atoms. The second kappa shape index (κ2) is 8.65. The summed E-state index contributed by atoms with van der Waals surface area (Å²) in [4.78, 5) is 24.5. The molecule has 2 aromatic carbocycles. The van der Waals surface area contributed by atoms with Crippen LogP contribution in [0.2, 0.25) is 5.02 Å². The number of nitrogens with zero attached hydrogens (tertiary/aromatic N) is 5. The Morgan fingerprint density at radius 3 is 2.38 bits per heavy atom. The number of hydrogen-bond acceptors (Lipinski definition) is 4. The number of anilines is 1. The van der Waals surface area contributed by atoms with Crippen LogP contribution in [0.25, 0.3) is 5.95 Å². The van der Waals surface area contributed by atoms with Gasteiger partial charge in [-0.2, -0.15) is 9.78 Å². The minimum Gasteiger partial charge on any atom is -0.292 e. The highest BCUT2D eigenvalue weighted by Gasteiger charge is 2.39. The van der Waals surface area contributed by atoms with Gasteiger partial charge in [-0.3, -0.25) is 9.69 Å². The van der Waals surface area contributed by atoms with E-state index in [4.69, 9.17) is 16.7 Å². The Kier molecular flexibility index (Phi) is 5.65. The number of fused-ring (bicyclic) bond motifs is 1. The lowest BCUT2D eigenvalue weighted by atomic mass is 9.85. The van der Waals surface area contributed by atoms with Crippen LogP contribution in [0.15, 0.2) is 54.6 Å². The third-order valence-electron chi connectivity index (χ3n) is 6.06. The molecule has 5 rings (SSSR count). The molecule has 0 fully saturated rings. The molecule has 2 aromatic heterocycles. The molecule has 0 N–H and O–H groups in total. The van der Waals surface area contributed by atoms with Crippen LogP contribution in [0.4, 0.5) is 10.2 Å². The molecule has 172 valence electrons. The summed E-state index contributed by atoms with van der Waals surface area (Å²) in [6, 6.07) is 15.6. The first kappa shape index (κ1) is 22.2. The van der Waals surface area contributed by atoms with Crippen LogP contribution in [0.5, 0.6) is 0 Å². The second-order valence-electron chi connectivity index (χ2n) is 8.57. The molecule has 0 saturated carbocycles. The molecule has 1 atom stereocenters. The van der Waals surface area contributed by atoms with Gasteiger partial charge < -0.3 is 0 Å². The highest BCUT2D eigenvalue weighted by molar-refractivity contribution is 6.31. The molecule has 6 nitrogen and oxygen atoms in total. The van der Waals surface area contributed by atoms with E-state index in [0.29, 0.717) is 16.8 Å². The summed E-state index contributed by atoms with van der Waals surface area (Å²) in [5.41, 5.74) is 4.99. The number of benzene rings is 2. The average Bonchev–Trinajstić information content (AvgIpc) is 3.14. The Bertz CT molecular complexity index is 1380. The van der Waals surface area contributed by atoms with Gasteiger partial charge in [0.15, 0.2) is 0 Å². The van der Waals surface area contributed by atoms with E-state index in [1.165, 1.54) is 12.1 Å². The van der Waals surface area contributed by atoms with Crippen molar-refractivity contribution >= 4 is 23.3 Å². The Labute approximate surface area is 202 Å². The quantitative estimate of drug-likeness (QED) is 0.394. The third kappa shape index (κ3) is 3.96. The summed E-state index contributed by atoms with van der Waals surface area (Å²) in [5, 5.41) is 5.39. The second-order valence-corrected chi connectivity index (χ2v) is 8.98. The van der Waals surface area contributed by atoms with Crippen molar-refractivity contribution in [2.45, 2.75) is 39.7 Å². The normalized spacial score (nSPS) is 15.5. The van der Waals surface area contributed by atoms with Crippen LogP contribution in [0.1, 0.15) is 46.1 Å². The molecular formula is C26H23ClFN5O. The standard InChI is InChI=1S/C26H23ClFN5O/c1-15-12-16(2)30-26(29-15)33-25-24(17(3)31-33)21(20-6-4-5-7-22(20)27)13-23(34)32(25)14-18-8-10-19(28)11-9-18/h4-12,21H,13-14H2,1-3H3. The molecule has 0 aliphatic carbocycles. The highest BCUT2D eigenvalue weighted by atomic mass is 35.5. The number of amides is 1. The van der Waals surface area contributed by atoms with E-state index in [9.17, 15) is 9.18 Å². The average molecular weight is 476 g/mol. The molecule has 8 heteroatoms. The zero-order valence-corrected chi connectivity index (χ0v) is 19.8. The predicted molar refractivity (Wildman–Crippen MR) is 129 cm³/mol. The van der Waals surface area contributed by atoms with Crippen LogP contribution in [0.3, 0.4) is 0 Å². The zero-order chi connectivity index (χ0) is 24.0. The number of aromatic nitrogens is 4. The van der Waals surface area contributed by atoms with Gasteiger partial charge in [0.25, 0.3) is 5.95 Å². The Balaban J connectivity index is 1.72. The molecule has 1 aliphatic heterocycles. The third-order valence-corrected chi connectivity index (χ3v) is 6.40. The lowest BCUT2D eigenvalue weighted by molar-refractivity contribution is -0.119. The minimum atomic E-state index is -0.322. The van der Waals surface area contributed by atoms with E-state index in [1.54, 1.807) is 21.7 Å². The molecule has 3 heterocycles. The van der Waals surface area contributed by atoms with E-state index in [2.05, 4.69) is 9.97 Å². The van der Waals surface area contributed by atoms with Crippen LogP contribution in [0, 0.1) is 26.6 Å². The van der Waals surface area contributed by atoms with Crippen molar-refractivity contribution in [3.05, 3.63) is 99.2 Å². The molecule has 0 radical (unpaired) electrons. The van der Waals surface area contributed by atoms with Crippen molar-refractivity contribution < 1.29 is 9.18 Å². The van der Waals surface area contributed by atoms with Gasteiger partial charge in [-0.05, 0) is 56.2 Å². The fraction of sp³-hybridized carbons (Fsp3) is 0.231. The molecule has 1 unspecified atom stereocenters. The fourth-order valence-corrected chi connectivity index (χ4v) is 4.87. The summed E-state index contributed by atoms with van der Waals surface area (Å²) in [6.45, 7) is 5.99. The molecule has 34 heavy (non-hydrogen) atoms. The van der Waals surface area contributed by atoms with Gasteiger partial charge in [-0.25, -0.2) is 14.4 Å². The van der Waals surface area contributed by atoms with Gasteiger partial charge in [0.2, 0.25) is 5.91 Å². The van der Waals surface area contributed by atoms with Gasteiger partial charge in [0.05, 0.1) is 12.2 Å². The SMILES string of the molecule is Cc1cc(C)nc(-n2nc(C)c3c2N(Cc2ccc(F)cc2)C(=O)CC3c2ccccc2Cl)n1. The number of halogens is 2. The lowest BCUT2D eigenvalue weighted by Crippen LogP contribution is -2.38. The Morgan fingerprint density at radius 1 is 1.03 bits per heavy atom. The van der Waals surface area contributed by atoms with Gasteiger partial charge in [-0.15, -0.1) is 0 Å². The molecule has 1 amide bonds.